The number of aliphatic imine (C=N–C) groups is 1. The molecule has 1 aromatic carbocycles. The Balaban J connectivity index is 2.07. The fourth-order valence-electron chi connectivity index (χ4n) is 1.85. The van der Waals surface area contributed by atoms with E-state index < -0.39 is 0 Å². The Bertz CT molecular complexity index is 773. The molecule has 19 heavy (non-hydrogen) atoms. The van der Waals surface area contributed by atoms with Gasteiger partial charge in [0.15, 0.2) is 11.7 Å². The van der Waals surface area contributed by atoms with Crippen LogP contribution < -0.4 is 0 Å². The molecule has 5 nitrogen and oxygen atoms in total. The van der Waals surface area contributed by atoms with E-state index >= 15 is 0 Å². The minimum absolute atomic E-state index is 0.0806. The molecule has 6 heteroatoms. The van der Waals surface area contributed by atoms with E-state index in [0.29, 0.717) is 17.1 Å². The summed E-state index contributed by atoms with van der Waals surface area (Å²) in [6, 6.07) is 7.43. The van der Waals surface area contributed by atoms with Crippen LogP contribution in [0.3, 0.4) is 0 Å². The van der Waals surface area contributed by atoms with Crippen molar-refractivity contribution in [2.75, 3.05) is 0 Å². The lowest BCUT2D eigenvalue weighted by atomic mass is 10.2. The van der Waals surface area contributed by atoms with Crippen LogP contribution in [-0.2, 0) is 0 Å². The Hall–Kier alpha value is -2.08. The fraction of sp³-hybridized carbons (Fsp3) is 0.0769. The summed E-state index contributed by atoms with van der Waals surface area (Å²) in [6.45, 7) is 1.80. The molecule has 2 aromatic heterocycles. The van der Waals surface area contributed by atoms with Gasteiger partial charge in [-0.1, -0.05) is 21.1 Å². The van der Waals surface area contributed by atoms with Crippen LogP contribution in [0.5, 0.6) is 5.88 Å². The van der Waals surface area contributed by atoms with Gasteiger partial charge in [-0.3, -0.25) is 0 Å². The lowest BCUT2D eigenvalue weighted by Crippen LogP contribution is -1.79. The Labute approximate surface area is 117 Å². The van der Waals surface area contributed by atoms with Crippen molar-refractivity contribution in [2.24, 2.45) is 4.99 Å². The van der Waals surface area contributed by atoms with Crippen LogP contribution in [0.15, 0.2) is 38.3 Å². The van der Waals surface area contributed by atoms with Crippen molar-refractivity contribution in [1.29, 1.82) is 0 Å². The smallest absolute Gasteiger partial charge is 0.198 e. The highest BCUT2D eigenvalue weighted by molar-refractivity contribution is 9.10. The zero-order chi connectivity index (χ0) is 13.4. The highest BCUT2D eigenvalue weighted by Crippen LogP contribution is 2.28. The average Bonchev–Trinajstić information content (AvgIpc) is 2.90. The van der Waals surface area contributed by atoms with Gasteiger partial charge in [0.25, 0.3) is 0 Å². The second kappa shape index (κ2) is 4.55. The summed E-state index contributed by atoms with van der Waals surface area (Å²) in [7, 11) is 0. The number of aromatic amines is 1. The van der Waals surface area contributed by atoms with Crippen LogP contribution in [0.25, 0.3) is 10.9 Å². The van der Waals surface area contributed by atoms with Gasteiger partial charge in [-0.25, -0.2) is 4.99 Å². The molecule has 3 aromatic rings. The average molecular weight is 320 g/mol. The number of hydrogen-bond donors (Lipinski definition) is 2. The zero-order valence-electron chi connectivity index (χ0n) is 10.0. The van der Waals surface area contributed by atoms with Gasteiger partial charge in [0.05, 0.1) is 5.56 Å². The first-order valence-electron chi connectivity index (χ1n) is 5.61. The zero-order valence-corrected chi connectivity index (χ0v) is 11.6. The van der Waals surface area contributed by atoms with E-state index in [9.17, 15) is 5.11 Å². The predicted octanol–water partition coefficient (Wildman–Crippen LogP) is 3.68. The number of H-pyrrole nitrogens is 1. The minimum atomic E-state index is 0.0806. The van der Waals surface area contributed by atoms with E-state index in [-0.39, 0.29) is 5.88 Å². The second-order valence-electron chi connectivity index (χ2n) is 4.13. The van der Waals surface area contributed by atoms with Crippen molar-refractivity contribution in [2.45, 2.75) is 6.92 Å². The van der Waals surface area contributed by atoms with E-state index in [0.717, 1.165) is 15.4 Å². The first kappa shape index (κ1) is 12.0. The molecule has 0 aliphatic carbocycles. The maximum atomic E-state index is 9.90. The normalized spacial score (nSPS) is 11.7. The second-order valence-corrected chi connectivity index (χ2v) is 5.05. The molecule has 0 spiro atoms. The number of aromatic nitrogens is 2. The van der Waals surface area contributed by atoms with Gasteiger partial charge < -0.3 is 14.6 Å². The van der Waals surface area contributed by atoms with E-state index in [4.69, 9.17) is 4.52 Å². The third-order valence-electron chi connectivity index (χ3n) is 2.72. The summed E-state index contributed by atoms with van der Waals surface area (Å²) < 4.78 is 5.87. The molecule has 2 heterocycles. The lowest BCUT2D eigenvalue weighted by Gasteiger charge is -1.93. The number of halogens is 1. The van der Waals surface area contributed by atoms with Crippen LogP contribution in [0.2, 0.25) is 0 Å². The SMILES string of the molecule is Cc1cc(N=Cc2c(O)[nH]c3ccc(Br)cc23)no1. The highest BCUT2D eigenvalue weighted by atomic mass is 79.9. The van der Waals surface area contributed by atoms with Gasteiger partial charge in [0, 0.05) is 27.7 Å². The molecule has 0 unspecified atom stereocenters. The van der Waals surface area contributed by atoms with E-state index in [2.05, 4.69) is 31.1 Å². The predicted molar refractivity (Wildman–Crippen MR) is 76.2 cm³/mol. The van der Waals surface area contributed by atoms with Crippen LogP contribution >= 0.6 is 15.9 Å². The lowest BCUT2D eigenvalue weighted by molar-refractivity contribution is 0.399. The van der Waals surface area contributed by atoms with Crippen molar-refractivity contribution in [3.63, 3.8) is 0 Å². The van der Waals surface area contributed by atoms with Crippen molar-refractivity contribution in [1.82, 2.24) is 10.1 Å². The van der Waals surface area contributed by atoms with Crippen LogP contribution in [-0.4, -0.2) is 21.5 Å². The summed E-state index contributed by atoms with van der Waals surface area (Å²) >= 11 is 3.41. The summed E-state index contributed by atoms with van der Waals surface area (Å²) in [5.74, 6) is 1.25. The number of aromatic hydroxyl groups is 1. The molecule has 0 aliphatic rings. The van der Waals surface area contributed by atoms with Gasteiger partial charge in [0.2, 0.25) is 0 Å². The van der Waals surface area contributed by atoms with Gasteiger partial charge in [-0.15, -0.1) is 0 Å². The van der Waals surface area contributed by atoms with Crippen LogP contribution in [0.1, 0.15) is 11.3 Å². The molecule has 2 N–H and O–H groups in total. The summed E-state index contributed by atoms with van der Waals surface area (Å²) in [4.78, 5) is 7.08. The Kier molecular flexibility index (Phi) is 2.87. The quantitative estimate of drug-likeness (QED) is 0.707. The number of nitrogens with zero attached hydrogens (tertiary/aromatic N) is 2. The number of fused-ring (bicyclic) bond motifs is 1. The summed E-state index contributed by atoms with van der Waals surface area (Å²) in [5, 5.41) is 14.6. The van der Waals surface area contributed by atoms with E-state index in [1.54, 1.807) is 19.2 Å². The Morgan fingerprint density at radius 1 is 1.42 bits per heavy atom. The number of rotatable bonds is 2. The third-order valence-corrected chi connectivity index (χ3v) is 3.21. The first-order chi connectivity index (χ1) is 9.13. The molecule has 0 fully saturated rings. The number of aryl methyl sites for hydroxylation is 1. The molecule has 0 saturated heterocycles. The number of hydrogen-bond acceptors (Lipinski definition) is 4. The van der Waals surface area contributed by atoms with Gasteiger partial charge >= 0.3 is 0 Å². The number of nitrogens with one attached hydrogen (secondary N) is 1. The van der Waals surface area contributed by atoms with E-state index in [1.807, 2.05) is 18.2 Å². The van der Waals surface area contributed by atoms with Crippen molar-refractivity contribution in [3.8, 4) is 5.88 Å². The maximum absolute atomic E-state index is 9.90. The molecular weight excluding hydrogens is 310 g/mol. The number of benzene rings is 1. The fourth-order valence-corrected chi connectivity index (χ4v) is 2.21. The third kappa shape index (κ3) is 2.26. The summed E-state index contributed by atoms with van der Waals surface area (Å²) in [5.41, 5.74) is 1.47. The van der Waals surface area contributed by atoms with Crippen molar-refractivity contribution in [3.05, 3.63) is 40.1 Å². The highest BCUT2D eigenvalue weighted by Gasteiger charge is 2.09. The standard InChI is InChI=1S/C13H10BrN3O2/c1-7-4-12(17-19-7)15-6-10-9-5-8(14)2-3-11(9)16-13(10)18/h2-6,16,18H,1H3. The topological polar surface area (TPSA) is 74.4 Å². The van der Waals surface area contributed by atoms with Crippen LogP contribution in [0.4, 0.5) is 5.82 Å². The molecule has 0 saturated carbocycles. The molecule has 0 bridgehead atoms. The van der Waals surface area contributed by atoms with Crippen molar-refractivity contribution >= 4 is 38.9 Å². The minimum Gasteiger partial charge on any atom is -0.494 e. The molecule has 0 amide bonds. The molecule has 96 valence electrons. The summed E-state index contributed by atoms with van der Waals surface area (Å²) in [6.07, 6.45) is 1.57. The largest absolute Gasteiger partial charge is 0.494 e. The van der Waals surface area contributed by atoms with Crippen LogP contribution in [0, 0.1) is 6.92 Å². The molecule has 0 atom stereocenters. The molecular formula is C13H10BrN3O2. The molecule has 3 rings (SSSR count). The van der Waals surface area contributed by atoms with Crippen molar-refractivity contribution < 1.29 is 9.63 Å². The first-order valence-corrected chi connectivity index (χ1v) is 6.40. The molecule has 0 radical (unpaired) electrons. The van der Waals surface area contributed by atoms with Gasteiger partial charge in [-0.05, 0) is 25.1 Å². The maximum Gasteiger partial charge on any atom is 0.198 e. The van der Waals surface area contributed by atoms with E-state index in [1.165, 1.54) is 0 Å². The monoisotopic (exact) mass is 319 g/mol. The Morgan fingerprint density at radius 2 is 2.26 bits per heavy atom. The Morgan fingerprint density at radius 3 is 3.00 bits per heavy atom. The van der Waals surface area contributed by atoms with Gasteiger partial charge in [-0.2, -0.15) is 0 Å². The van der Waals surface area contributed by atoms with Gasteiger partial charge in [0.1, 0.15) is 5.76 Å². The molecule has 0 aliphatic heterocycles.